The first kappa shape index (κ1) is 16.0. The fraction of sp³-hybridized carbons (Fsp3) is 0.250. The van der Waals surface area contributed by atoms with Gasteiger partial charge in [-0.2, -0.15) is 0 Å². The van der Waals surface area contributed by atoms with Crippen molar-refractivity contribution in [2.24, 2.45) is 5.73 Å². The molecule has 7 nitrogen and oxygen atoms in total. The van der Waals surface area contributed by atoms with Crippen molar-refractivity contribution in [1.29, 1.82) is 0 Å². The van der Waals surface area contributed by atoms with Gasteiger partial charge in [0.25, 0.3) is 5.91 Å². The van der Waals surface area contributed by atoms with Crippen molar-refractivity contribution in [2.45, 2.75) is 18.9 Å². The largest absolute Gasteiger partial charge is 0.507 e. The van der Waals surface area contributed by atoms with E-state index in [4.69, 9.17) is 10.8 Å². The zero-order valence-corrected chi connectivity index (χ0v) is 11.9. The lowest BCUT2D eigenvalue weighted by Crippen LogP contribution is -2.41. The average Bonchev–Trinajstić information content (AvgIpc) is 2.36. The fourth-order valence-corrected chi connectivity index (χ4v) is 1.69. The number of benzene rings is 1. The normalized spacial score (nSPS) is 11.7. The van der Waals surface area contributed by atoms with Crippen LogP contribution in [0.1, 0.15) is 23.2 Å². The molecule has 1 aromatic carbocycles. The molecule has 1 aromatic rings. The van der Waals surface area contributed by atoms with Crippen LogP contribution in [0.3, 0.4) is 0 Å². The quantitative estimate of drug-likeness (QED) is 0.600. The topological polar surface area (TPSA) is 130 Å². The van der Waals surface area contributed by atoms with Crippen LogP contribution in [-0.4, -0.2) is 34.0 Å². The Labute approximate surface area is 122 Å². The first-order valence-electron chi connectivity index (χ1n) is 5.61. The average molecular weight is 345 g/mol. The minimum absolute atomic E-state index is 0.0983. The highest BCUT2D eigenvalue weighted by molar-refractivity contribution is 9.10. The van der Waals surface area contributed by atoms with Crippen LogP contribution in [0.4, 0.5) is 0 Å². The number of aromatic hydroxyl groups is 1. The molecule has 0 aliphatic rings. The molecule has 0 radical (unpaired) electrons. The number of phenolic OH excluding ortho intramolecular Hbond substituents is 1. The van der Waals surface area contributed by atoms with Gasteiger partial charge in [0, 0.05) is 12.0 Å². The third kappa shape index (κ3) is 4.54. The number of aliphatic carboxylic acids is 1. The number of carbonyl (C=O) groups is 3. The highest BCUT2D eigenvalue weighted by Gasteiger charge is 2.21. The maximum Gasteiger partial charge on any atom is 0.326 e. The van der Waals surface area contributed by atoms with Crippen LogP contribution in [0, 0.1) is 0 Å². The van der Waals surface area contributed by atoms with E-state index in [1.807, 2.05) is 0 Å². The zero-order chi connectivity index (χ0) is 15.3. The summed E-state index contributed by atoms with van der Waals surface area (Å²) in [5.41, 5.74) is 5.04. The lowest BCUT2D eigenvalue weighted by molar-refractivity contribution is -0.139. The number of halogens is 1. The van der Waals surface area contributed by atoms with Crippen LogP contribution in [-0.2, 0) is 9.59 Å². The third-order valence-corrected chi connectivity index (χ3v) is 3.16. The Bertz CT molecular complexity index is 547. The summed E-state index contributed by atoms with van der Waals surface area (Å²) in [6, 6.07) is 2.86. The molecule has 5 N–H and O–H groups in total. The molecule has 0 heterocycles. The SMILES string of the molecule is NC(=O)CC[C@H](NC(=O)c1ccc(Br)c(O)c1)C(=O)O. The molecule has 0 bridgehead atoms. The molecular formula is C12H13BrN2O5. The number of hydrogen-bond donors (Lipinski definition) is 4. The molecule has 0 saturated heterocycles. The maximum atomic E-state index is 11.9. The summed E-state index contributed by atoms with van der Waals surface area (Å²) >= 11 is 3.07. The lowest BCUT2D eigenvalue weighted by Gasteiger charge is -2.14. The summed E-state index contributed by atoms with van der Waals surface area (Å²) in [6.45, 7) is 0. The highest BCUT2D eigenvalue weighted by Crippen LogP contribution is 2.24. The number of phenols is 1. The third-order valence-electron chi connectivity index (χ3n) is 2.49. The standard InChI is InChI=1S/C12H13BrN2O5/c13-7-2-1-6(5-9(7)16)11(18)15-8(12(19)20)3-4-10(14)17/h1-2,5,8,16H,3-4H2,(H2,14,17)(H,15,18)(H,19,20)/t8-/m0/s1. The van der Waals surface area contributed by atoms with E-state index in [0.29, 0.717) is 4.47 Å². The predicted octanol–water partition coefficient (Wildman–Crippen LogP) is 0.603. The molecule has 1 atom stereocenters. The number of rotatable bonds is 6. The van der Waals surface area contributed by atoms with Crippen LogP contribution >= 0.6 is 15.9 Å². The van der Waals surface area contributed by atoms with Crippen LogP contribution in [0.25, 0.3) is 0 Å². The van der Waals surface area contributed by atoms with Gasteiger partial charge in [0.1, 0.15) is 11.8 Å². The first-order valence-corrected chi connectivity index (χ1v) is 6.41. The maximum absolute atomic E-state index is 11.9. The number of primary amides is 1. The number of carbonyl (C=O) groups excluding carboxylic acids is 2. The monoisotopic (exact) mass is 344 g/mol. The van der Waals surface area contributed by atoms with Crippen molar-refractivity contribution in [3.63, 3.8) is 0 Å². The van der Waals surface area contributed by atoms with Gasteiger partial charge in [-0.3, -0.25) is 9.59 Å². The van der Waals surface area contributed by atoms with Crippen molar-refractivity contribution in [3.8, 4) is 5.75 Å². The number of nitrogens with two attached hydrogens (primary N) is 1. The number of amides is 2. The summed E-state index contributed by atoms with van der Waals surface area (Å²) in [6.07, 6.45) is -0.248. The van der Waals surface area contributed by atoms with Crippen LogP contribution < -0.4 is 11.1 Å². The van der Waals surface area contributed by atoms with Crippen molar-refractivity contribution in [1.82, 2.24) is 5.32 Å². The van der Waals surface area contributed by atoms with Gasteiger partial charge >= 0.3 is 5.97 Å². The van der Waals surface area contributed by atoms with Crippen molar-refractivity contribution < 1.29 is 24.6 Å². The van der Waals surface area contributed by atoms with E-state index >= 15 is 0 Å². The molecule has 108 valence electrons. The van der Waals surface area contributed by atoms with Gasteiger partial charge in [0.2, 0.25) is 5.91 Å². The molecule has 0 spiro atoms. The minimum Gasteiger partial charge on any atom is -0.507 e. The van der Waals surface area contributed by atoms with Gasteiger partial charge in [0.15, 0.2) is 0 Å². The van der Waals surface area contributed by atoms with E-state index in [2.05, 4.69) is 21.2 Å². The smallest absolute Gasteiger partial charge is 0.326 e. The molecule has 0 aliphatic heterocycles. The van der Waals surface area contributed by atoms with Crippen LogP contribution in [0.5, 0.6) is 5.75 Å². The molecule has 0 fully saturated rings. The van der Waals surface area contributed by atoms with E-state index in [-0.39, 0.29) is 24.2 Å². The van der Waals surface area contributed by atoms with Crippen LogP contribution in [0.2, 0.25) is 0 Å². The molecule has 8 heteroatoms. The molecule has 0 aromatic heterocycles. The summed E-state index contributed by atoms with van der Waals surface area (Å²) in [7, 11) is 0. The van der Waals surface area contributed by atoms with Gasteiger partial charge < -0.3 is 21.3 Å². The second-order valence-corrected chi connectivity index (χ2v) is 4.89. The molecule has 20 heavy (non-hydrogen) atoms. The minimum atomic E-state index is -1.26. The van der Waals surface area contributed by atoms with Gasteiger partial charge in [0.05, 0.1) is 4.47 Å². The second-order valence-electron chi connectivity index (χ2n) is 4.04. The molecule has 0 unspecified atom stereocenters. The Morgan fingerprint density at radius 2 is 2.00 bits per heavy atom. The number of hydrogen-bond acceptors (Lipinski definition) is 4. The summed E-state index contributed by atoms with van der Waals surface area (Å²) in [5.74, 6) is -2.71. The van der Waals surface area contributed by atoms with Gasteiger partial charge in [-0.15, -0.1) is 0 Å². The zero-order valence-electron chi connectivity index (χ0n) is 10.3. The number of carboxylic acids is 1. The number of nitrogens with one attached hydrogen (secondary N) is 1. The Balaban J connectivity index is 2.77. The summed E-state index contributed by atoms with van der Waals surface area (Å²) < 4.78 is 0.414. The molecule has 0 aliphatic carbocycles. The Morgan fingerprint density at radius 3 is 2.50 bits per heavy atom. The van der Waals surface area contributed by atoms with Gasteiger partial charge in [-0.1, -0.05) is 0 Å². The van der Waals surface area contributed by atoms with E-state index in [1.165, 1.54) is 18.2 Å². The van der Waals surface area contributed by atoms with Crippen molar-refractivity contribution in [3.05, 3.63) is 28.2 Å². The van der Waals surface area contributed by atoms with Crippen molar-refractivity contribution >= 4 is 33.7 Å². The predicted molar refractivity (Wildman–Crippen MR) is 73.1 cm³/mol. The number of carboxylic acid groups (broad SMARTS) is 1. The highest BCUT2D eigenvalue weighted by atomic mass is 79.9. The first-order chi connectivity index (χ1) is 9.31. The van der Waals surface area contributed by atoms with Gasteiger partial charge in [-0.25, -0.2) is 4.79 Å². The molecular weight excluding hydrogens is 332 g/mol. The fourth-order valence-electron chi connectivity index (χ4n) is 1.44. The lowest BCUT2D eigenvalue weighted by atomic mass is 10.1. The Hall–Kier alpha value is -2.09. The second kappa shape index (κ2) is 6.90. The van der Waals surface area contributed by atoms with E-state index < -0.39 is 23.8 Å². The Morgan fingerprint density at radius 1 is 1.35 bits per heavy atom. The van der Waals surface area contributed by atoms with Gasteiger partial charge in [-0.05, 0) is 40.5 Å². The molecule has 0 saturated carbocycles. The molecule has 1 rings (SSSR count). The Kier molecular flexibility index (Phi) is 5.51. The summed E-state index contributed by atoms with van der Waals surface area (Å²) in [5, 5.41) is 20.7. The van der Waals surface area contributed by atoms with E-state index in [1.54, 1.807) is 0 Å². The van der Waals surface area contributed by atoms with Crippen LogP contribution in [0.15, 0.2) is 22.7 Å². The molecule has 2 amide bonds. The van der Waals surface area contributed by atoms with Crippen molar-refractivity contribution in [2.75, 3.05) is 0 Å². The van der Waals surface area contributed by atoms with E-state index in [9.17, 15) is 19.5 Å². The summed E-state index contributed by atoms with van der Waals surface area (Å²) in [4.78, 5) is 33.5. The van der Waals surface area contributed by atoms with E-state index in [0.717, 1.165) is 0 Å².